The number of rotatable bonds is 8. The summed E-state index contributed by atoms with van der Waals surface area (Å²) in [4.78, 5) is 12.5. The van der Waals surface area contributed by atoms with Gasteiger partial charge in [0.2, 0.25) is 15.9 Å². The Hall–Kier alpha value is -2.85. The molecule has 0 bridgehead atoms. The molecule has 2 aromatic rings. The van der Waals surface area contributed by atoms with Crippen LogP contribution < -0.4 is 9.62 Å². The lowest BCUT2D eigenvalue weighted by molar-refractivity contribution is -0.116. The number of carbonyl (C=O) groups is 1. The summed E-state index contributed by atoms with van der Waals surface area (Å²) in [6, 6.07) is 14.2. The molecule has 0 aromatic heterocycles. The fraction of sp³-hybridized carbons (Fsp3) is 0.333. The van der Waals surface area contributed by atoms with Gasteiger partial charge in [-0.05, 0) is 48.2 Å². The maximum Gasteiger partial charge on any atom is 0.232 e. The Balaban J connectivity index is 2.16. The Labute approximate surface area is 166 Å². The highest BCUT2D eigenvalue weighted by Crippen LogP contribution is 2.23. The number of hydrogen-bond acceptors (Lipinski definition) is 4. The SMILES string of the molecule is CCc1cccc(CC)c1NC(=O)CCN(c1ccc(C#N)cc1)S(C)(=O)=O. The van der Waals surface area contributed by atoms with E-state index >= 15 is 0 Å². The van der Waals surface area contributed by atoms with E-state index in [1.54, 1.807) is 24.3 Å². The third-order valence-corrected chi connectivity index (χ3v) is 5.68. The molecule has 0 saturated heterocycles. The molecule has 0 atom stereocenters. The van der Waals surface area contributed by atoms with Gasteiger partial charge < -0.3 is 5.32 Å². The smallest absolute Gasteiger partial charge is 0.232 e. The molecule has 2 rings (SSSR count). The minimum Gasteiger partial charge on any atom is -0.326 e. The molecule has 7 heteroatoms. The van der Waals surface area contributed by atoms with Crippen molar-refractivity contribution in [3.05, 3.63) is 59.2 Å². The molecule has 0 aliphatic rings. The number of nitriles is 1. The molecular weight excluding hydrogens is 374 g/mol. The Morgan fingerprint density at radius 2 is 1.64 bits per heavy atom. The summed E-state index contributed by atoms with van der Waals surface area (Å²) >= 11 is 0. The highest BCUT2D eigenvalue weighted by Gasteiger charge is 2.19. The fourth-order valence-electron chi connectivity index (χ4n) is 3.00. The third-order valence-electron chi connectivity index (χ3n) is 4.49. The van der Waals surface area contributed by atoms with Gasteiger partial charge in [-0.2, -0.15) is 5.26 Å². The van der Waals surface area contributed by atoms with Crippen molar-refractivity contribution in [1.29, 1.82) is 5.26 Å². The summed E-state index contributed by atoms with van der Waals surface area (Å²) in [5.74, 6) is -0.238. The van der Waals surface area contributed by atoms with E-state index < -0.39 is 10.0 Å². The van der Waals surface area contributed by atoms with E-state index in [1.807, 2.05) is 38.1 Å². The molecule has 0 unspecified atom stereocenters. The van der Waals surface area contributed by atoms with Gasteiger partial charge in [-0.15, -0.1) is 0 Å². The molecule has 0 spiro atoms. The van der Waals surface area contributed by atoms with Gasteiger partial charge in [-0.3, -0.25) is 9.10 Å². The van der Waals surface area contributed by atoms with Gasteiger partial charge in [0.25, 0.3) is 0 Å². The zero-order valence-corrected chi connectivity index (χ0v) is 17.2. The quantitative estimate of drug-likeness (QED) is 0.736. The summed E-state index contributed by atoms with van der Waals surface area (Å²) in [5, 5.41) is 11.8. The Kier molecular flexibility index (Phi) is 7.18. The number of nitrogens with one attached hydrogen (secondary N) is 1. The van der Waals surface area contributed by atoms with Crippen molar-refractivity contribution in [3.8, 4) is 6.07 Å². The van der Waals surface area contributed by atoms with Crippen LogP contribution in [0.1, 0.15) is 37.0 Å². The van der Waals surface area contributed by atoms with Gasteiger partial charge in [0.15, 0.2) is 0 Å². The molecule has 2 aromatic carbocycles. The average molecular weight is 400 g/mol. The lowest BCUT2D eigenvalue weighted by Crippen LogP contribution is -2.33. The van der Waals surface area contributed by atoms with Crippen molar-refractivity contribution in [2.24, 2.45) is 0 Å². The van der Waals surface area contributed by atoms with Crippen LogP contribution in [0.15, 0.2) is 42.5 Å². The molecule has 0 saturated carbocycles. The second-order valence-electron chi connectivity index (χ2n) is 6.45. The van der Waals surface area contributed by atoms with Crippen molar-refractivity contribution in [3.63, 3.8) is 0 Å². The van der Waals surface area contributed by atoms with Gasteiger partial charge in [0.05, 0.1) is 23.6 Å². The van der Waals surface area contributed by atoms with E-state index in [-0.39, 0.29) is 18.9 Å². The lowest BCUT2D eigenvalue weighted by atomic mass is 10.0. The first kappa shape index (κ1) is 21.5. The van der Waals surface area contributed by atoms with Crippen molar-refractivity contribution < 1.29 is 13.2 Å². The lowest BCUT2D eigenvalue weighted by Gasteiger charge is -2.22. The number of nitrogens with zero attached hydrogens (tertiary/aromatic N) is 2. The van der Waals surface area contributed by atoms with E-state index in [4.69, 9.17) is 5.26 Å². The summed E-state index contributed by atoms with van der Waals surface area (Å²) in [5.41, 5.74) is 3.80. The molecule has 0 heterocycles. The van der Waals surface area contributed by atoms with Crippen molar-refractivity contribution >= 4 is 27.3 Å². The van der Waals surface area contributed by atoms with Crippen LogP contribution in [0.5, 0.6) is 0 Å². The molecule has 28 heavy (non-hydrogen) atoms. The van der Waals surface area contributed by atoms with Gasteiger partial charge in [-0.25, -0.2) is 8.42 Å². The predicted octanol–water partition coefficient (Wildman–Crippen LogP) is 3.48. The number of carbonyl (C=O) groups excluding carboxylic acids is 1. The summed E-state index contributed by atoms with van der Waals surface area (Å²) in [7, 11) is -3.56. The van der Waals surface area contributed by atoms with Crippen LogP contribution in [0.4, 0.5) is 11.4 Å². The molecule has 0 radical (unpaired) electrons. The minimum atomic E-state index is -3.56. The Bertz CT molecular complexity index is 955. The molecule has 1 amide bonds. The number of benzene rings is 2. The number of aryl methyl sites for hydroxylation is 2. The first-order valence-corrected chi connectivity index (χ1v) is 11.0. The Morgan fingerprint density at radius 1 is 1.07 bits per heavy atom. The maximum absolute atomic E-state index is 12.5. The highest BCUT2D eigenvalue weighted by atomic mass is 32.2. The zero-order chi connectivity index (χ0) is 20.7. The van der Waals surface area contributed by atoms with Gasteiger partial charge >= 0.3 is 0 Å². The normalized spacial score (nSPS) is 10.9. The second-order valence-corrected chi connectivity index (χ2v) is 8.36. The first-order valence-electron chi connectivity index (χ1n) is 9.18. The van der Waals surface area contributed by atoms with E-state index in [0.717, 1.165) is 35.9 Å². The van der Waals surface area contributed by atoms with E-state index in [0.29, 0.717) is 11.3 Å². The van der Waals surface area contributed by atoms with Crippen LogP contribution in [-0.2, 0) is 27.7 Å². The van der Waals surface area contributed by atoms with Crippen molar-refractivity contribution in [1.82, 2.24) is 0 Å². The number of anilines is 2. The van der Waals surface area contributed by atoms with Crippen LogP contribution in [0.2, 0.25) is 0 Å². The number of para-hydroxylation sites is 1. The largest absolute Gasteiger partial charge is 0.326 e. The molecule has 0 fully saturated rings. The monoisotopic (exact) mass is 399 g/mol. The molecular formula is C21H25N3O3S. The molecule has 1 N–H and O–H groups in total. The topological polar surface area (TPSA) is 90.3 Å². The fourth-order valence-corrected chi connectivity index (χ4v) is 3.92. The zero-order valence-electron chi connectivity index (χ0n) is 16.4. The molecule has 0 aliphatic heterocycles. The average Bonchev–Trinajstić information content (AvgIpc) is 2.67. The standard InChI is InChI=1S/C21H25N3O3S/c1-4-17-7-6-8-18(5-2)21(17)23-20(25)13-14-24(28(3,26)27)19-11-9-16(15-22)10-12-19/h6-12H,4-5,13-14H2,1-3H3,(H,23,25). The number of sulfonamides is 1. The molecule has 6 nitrogen and oxygen atoms in total. The van der Waals surface area contributed by atoms with Gasteiger partial charge in [0.1, 0.15) is 0 Å². The predicted molar refractivity (Wildman–Crippen MR) is 112 cm³/mol. The second kappa shape index (κ2) is 9.38. The number of amides is 1. The van der Waals surface area contributed by atoms with Crippen LogP contribution in [0.3, 0.4) is 0 Å². The summed E-state index contributed by atoms with van der Waals surface area (Å²) in [6.07, 6.45) is 2.72. The van der Waals surface area contributed by atoms with Crippen LogP contribution >= 0.6 is 0 Å². The summed E-state index contributed by atoms with van der Waals surface area (Å²) < 4.78 is 25.6. The highest BCUT2D eigenvalue weighted by molar-refractivity contribution is 7.92. The van der Waals surface area contributed by atoms with E-state index in [1.165, 1.54) is 4.31 Å². The van der Waals surface area contributed by atoms with Crippen LogP contribution in [0.25, 0.3) is 0 Å². The third kappa shape index (κ3) is 5.33. The molecule has 148 valence electrons. The Morgan fingerprint density at radius 3 is 2.11 bits per heavy atom. The van der Waals surface area contributed by atoms with Crippen LogP contribution in [-0.4, -0.2) is 27.1 Å². The maximum atomic E-state index is 12.5. The van der Waals surface area contributed by atoms with E-state index in [2.05, 4.69) is 5.32 Å². The summed E-state index contributed by atoms with van der Waals surface area (Å²) in [6.45, 7) is 4.08. The minimum absolute atomic E-state index is 0.0202. The van der Waals surface area contributed by atoms with E-state index in [9.17, 15) is 13.2 Å². The number of hydrogen-bond donors (Lipinski definition) is 1. The molecule has 0 aliphatic carbocycles. The van der Waals surface area contributed by atoms with Crippen LogP contribution in [0, 0.1) is 11.3 Å². The van der Waals surface area contributed by atoms with Gasteiger partial charge in [0, 0.05) is 18.7 Å². The van der Waals surface area contributed by atoms with Crippen molar-refractivity contribution in [2.45, 2.75) is 33.1 Å². The van der Waals surface area contributed by atoms with Gasteiger partial charge in [-0.1, -0.05) is 32.0 Å². The van der Waals surface area contributed by atoms with Crippen molar-refractivity contribution in [2.75, 3.05) is 22.4 Å². The first-order chi connectivity index (χ1) is 13.3.